The Bertz CT molecular complexity index is 1250. The third kappa shape index (κ3) is 5.67. The molecule has 2 amide bonds. The number of carbonyl (C=O) groups excluding carboxylic acids is 2. The maximum atomic E-state index is 14.1. The molecule has 1 saturated heterocycles. The fourth-order valence-electron chi connectivity index (χ4n) is 4.20. The molecule has 1 aliphatic heterocycles. The smallest absolute Gasteiger partial charge is 0.251 e. The zero-order valence-corrected chi connectivity index (χ0v) is 18.5. The summed E-state index contributed by atoms with van der Waals surface area (Å²) in [6, 6.07) is 8.69. The van der Waals surface area contributed by atoms with E-state index < -0.39 is 47.6 Å². The van der Waals surface area contributed by atoms with Gasteiger partial charge in [0.15, 0.2) is 0 Å². The van der Waals surface area contributed by atoms with Crippen molar-refractivity contribution in [3.63, 3.8) is 0 Å². The number of nitrogens with zero attached hydrogens (tertiary/aromatic N) is 1. The lowest BCUT2D eigenvalue weighted by Crippen LogP contribution is -2.44. The molecule has 7 nitrogen and oxygen atoms in total. The predicted octanol–water partition coefficient (Wildman–Crippen LogP) is 2.74. The number of hydrogen-bond acceptors (Lipinski definition) is 5. The van der Waals surface area contributed by atoms with Crippen LogP contribution in [0.2, 0.25) is 0 Å². The molecule has 2 heterocycles. The number of halogens is 3. The van der Waals surface area contributed by atoms with Crippen molar-refractivity contribution in [2.45, 2.75) is 37.6 Å². The van der Waals surface area contributed by atoms with E-state index in [4.69, 9.17) is 5.73 Å². The predicted molar refractivity (Wildman–Crippen MR) is 121 cm³/mol. The standard InChI is InChI=1S/C25H23F3N4O3/c26-15-8-13(9-16(27)12-15)10-21(32-25(35)20-5-6-22(33)31-20)23-17(2-1-7-30-23)14-3-4-19(28)18(11-14)24(29)34/h1-4,7-9,11-12,20-22,31,33H,5-6,10H2,(H2,29,34)(H,32,35). The average Bonchev–Trinajstić information content (AvgIpc) is 3.24. The first-order chi connectivity index (χ1) is 16.7. The van der Waals surface area contributed by atoms with Gasteiger partial charge in [-0.2, -0.15) is 0 Å². The van der Waals surface area contributed by atoms with Crippen molar-refractivity contribution in [2.24, 2.45) is 5.73 Å². The van der Waals surface area contributed by atoms with E-state index in [2.05, 4.69) is 15.6 Å². The zero-order valence-electron chi connectivity index (χ0n) is 18.5. The summed E-state index contributed by atoms with van der Waals surface area (Å²) in [7, 11) is 0. The number of rotatable bonds is 7. The van der Waals surface area contributed by atoms with Gasteiger partial charge in [0.05, 0.1) is 23.3 Å². The topological polar surface area (TPSA) is 117 Å². The summed E-state index contributed by atoms with van der Waals surface area (Å²) in [5.74, 6) is -3.68. The lowest BCUT2D eigenvalue weighted by atomic mass is 9.94. The number of aliphatic hydroxyl groups is 1. The minimum absolute atomic E-state index is 0.0103. The van der Waals surface area contributed by atoms with Crippen molar-refractivity contribution in [3.8, 4) is 11.1 Å². The molecule has 35 heavy (non-hydrogen) atoms. The van der Waals surface area contributed by atoms with Gasteiger partial charge >= 0.3 is 0 Å². The molecule has 3 unspecified atom stereocenters. The van der Waals surface area contributed by atoms with Crippen molar-refractivity contribution < 1.29 is 27.9 Å². The van der Waals surface area contributed by atoms with E-state index in [1.807, 2.05) is 0 Å². The molecule has 4 rings (SSSR count). The Morgan fingerprint density at radius 3 is 2.51 bits per heavy atom. The number of benzene rings is 2. The largest absolute Gasteiger partial charge is 0.379 e. The second-order valence-electron chi connectivity index (χ2n) is 8.35. The average molecular weight is 484 g/mol. The molecule has 5 N–H and O–H groups in total. The second kappa shape index (κ2) is 10.2. The number of aromatic nitrogens is 1. The highest BCUT2D eigenvalue weighted by atomic mass is 19.1. The molecule has 0 bridgehead atoms. The number of nitrogens with one attached hydrogen (secondary N) is 2. The van der Waals surface area contributed by atoms with Crippen LogP contribution in [0.15, 0.2) is 54.7 Å². The Kier molecular flexibility index (Phi) is 7.13. The van der Waals surface area contributed by atoms with Gasteiger partial charge in [-0.05, 0) is 60.7 Å². The number of pyridine rings is 1. The molecule has 0 radical (unpaired) electrons. The van der Waals surface area contributed by atoms with Crippen LogP contribution in [-0.4, -0.2) is 34.2 Å². The van der Waals surface area contributed by atoms with Crippen LogP contribution in [-0.2, 0) is 11.2 Å². The van der Waals surface area contributed by atoms with E-state index in [0.717, 1.165) is 24.3 Å². The Balaban J connectivity index is 1.75. The molecule has 2 aromatic carbocycles. The first kappa shape index (κ1) is 24.4. The monoisotopic (exact) mass is 484 g/mol. The van der Waals surface area contributed by atoms with Gasteiger partial charge in [-0.3, -0.25) is 19.9 Å². The molecule has 3 aromatic rings. The fourth-order valence-corrected chi connectivity index (χ4v) is 4.20. The van der Waals surface area contributed by atoms with Gasteiger partial charge in [-0.1, -0.05) is 12.1 Å². The van der Waals surface area contributed by atoms with Crippen LogP contribution >= 0.6 is 0 Å². The minimum atomic E-state index is -0.944. The third-order valence-corrected chi connectivity index (χ3v) is 5.83. The molecule has 0 spiro atoms. The summed E-state index contributed by atoms with van der Waals surface area (Å²) in [5, 5.41) is 15.4. The summed E-state index contributed by atoms with van der Waals surface area (Å²) in [6.07, 6.45) is 1.48. The summed E-state index contributed by atoms with van der Waals surface area (Å²) in [6.45, 7) is 0. The molecular weight excluding hydrogens is 461 g/mol. The van der Waals surface area contributed by atoms with Crippen LogP contribution in [0, 0.1) is 17.5 Å². The van der Waals surface area contributed by atoms with Gasteiger partial charge in [0, 0.05) is 17.8 Å². The number of amides is 2. The van der Waals surface area contributed by atoms with Crippen LogP contribution in [0.4, 0.5) is 13.2 Å². The Morgan fingerprint density at radius 1 is 1.11 bits per heavy atom. The molecule has 1 aromatic heterocycles. The van der Waals surface area contributed by atoms with E-state index in [9.17, 15) is 27.9 Å². The first-order valence-electron chi connectivity index (χ1n) is 11.0. The van der Waals surface area contributed by atoms with Crippen LogP contribution in [0.5, 0.6) is 0 Å². The van der Waals surface area contributed by atoms with Crippen LogP contribution < -0.4 is 16.4 Å². The molecule has 1 fully saturated rings. The van der Waals surface area contributed by atoms with E-state index in [1.165, 1.54) is 18.3 Å². The second-order valence-corrected chi connectivity index (χ2v) is 8.35. The molecular formula is C25H23F3N4O3. The van der Waals surface area contributed by atoms with Crippen molar-refractivity contribution in [1.29, 1.82) is 0 Å². The number of aliphatic hydroxyl groups excluding tert-OH is 1. The normalized spacial score (nSPS) is 18.3. The summed E-state index contributed by atoms with van der Waals surface area (Å²) in [4.78, 5) is 29.0. The molecule has 0 saturated carbocycles. The van der Waals surface area contributed by atoms with Crippen molar-refractivity contribution >= 4 is 11.8 Å². The lowest BCUT2D eigenvalue weighted by Gasteiger charge is -2.23. The van der Waals surface area contributed by atoms with Gasteiger partial charge in [-0.25, -0.2) is 13.2 Å². The van der Waals surface area contributed by atoms with Gasteiger partial charge in [-0.15, -0.1) is 0 Å². The molecule has 0 aliphatic carbocycles. The SMILES string of the molecule is NC(=O)c1cc(-c2cccnc2C(Cc2cc(F)cc(F)c2)NC(=O)C2CCC(O)N2)ccc1F. The van der Waals surface area contributed by atoms with Crippen LogP contribution in [0.25, 0.3) is 11.1 Å². The fraction of sp³-hybridized carbons (Fsp3) is 0.240. The Morgan fingerprint density at radius 2 is 1.86 bits per heavy atom. The van der Waals surface area contributed by atoms with Gasteiger partial charge in [0.1, 0.15) is 23.7 Å². The van der Waals surface area contributed by atoms with E-state index in [1.54, 1.807) is 12.1 Å². The number of carbonyl (C=O) groups is 2. The molecule has 182 valence electrons. The number of nitrogens with two attached hydrogens (primary N) is 1. The van der Waals surface area contributed by atoms with E-state index >= 15 is 0 Å². The third-order valence-electron chi connectivity index (χ3n) is 5.83. The Labute approximate surface area is 199 Å². The molecule has 10 heteroatoms. The number of primary amides is 1. The lowest BCUT2D eigenvalue weighted by molar-refractivity contribution is -0.123. The summed E-state index contributed by atoms with van der Waals surface area (Å²) >= 11 is 0. The minimum Gasteiger partial charge on any atom is -0.379 e. The maximum absolute atomic E-state index is 14.1. The maximum Gasteiger partial charge on any atom is 0.251 e. The van der Waals surface area contributed by atoms with Gasteiger partial charge in [0.2, 0.25) is 5.91 Å². The van der Waals surface area contributed by atoms with Crippen molar-refractivity contribution in [2.75, 3.05) is 0 Å². The summed E-state index contributed by atoms with van der Waals surface area (Å²) in [5.41, 5.74) is 6.48. The van der Waals surface area contributed by atoms with Crippen molar-refractivity contribution in [3.05, 3.63) is 89.0 Å². The van der Waals surface area contributed by atoms with E-state index in [0.29, 0.717) is 29.7 Å². The van der Waals surface area contributed by atoms with Crippen LogP contribution in [0.3, 0.4) is 0 Å². The summed E-state index contributed by atoms with van der Waals surface area (Å²) < 4.78 is 41.8. The van der Waals surface area contributed by atoms with Crippen LogP contribution in [0.1, 0.15) is 40.5 Å². The zero-order chi connectivity index (χ0) is 25.1. The highest BCUT2D eigenvalue weighted by Crippen LogP contribution is 2.30. The molecule has 1 aliphatic rings. The Hall–Kier alpha value is -3.76. The molecule has 3 atom stereocenters. The highest BCUT2D eigenvalue weighted by Gasteiger charge is 2.30. The highest BCUT2D eigenvalue weighted by molar-refractivity contribution is 5.94. The van der Waals surface area contributed by atoms with Gasteiger partial charge in [0.25, 0.3) is 5.91 Å². The van der Waals surface area contributed by atoms with E-state index in [-0.39, 0.29) is 17.5 Å². The quantitative estimate of drug-likeness (QED) is 0.412. The van der Waals surface area contributed by atoms with Gasteiger partial charge < -0.3 is 16.2 Å². The first-order valence-corrected chi connectivity index (χ1v) is 11.0. The number of hydrogen-bond donors (Lipinski definition) is 4. The van der Waals surface area contributed by atoms with Crippen molar-refractivity contribution in [1.82, 2.24) is 15.6 Å².